The number of fused-ring (bicyclic) bond motifs is 1. The molecule has 0 saturated heterocycles. The third-order valence-corrected chi connectivity index (χ3v) is 5.87. The second-order valence-corrected chi connectivity index (χ2v) is 9.33. The summed E-state index contributed by atoms with van der Waals surface area (Å²) in [6, 6.07) is 11.2. The highest BCUT2D eigenvalue weighted by atomic mass is 35.5. The van der Waals surface area contributed by atoms with E-state index in [1.807, 2.05) is 64.0 Å². The number of nitrogens with zero attached hydrogens (tertiary/aromatic N) is 2. The standard InChI is InChI=1S/C24H26ClN3O4.C4H5F.CH2O/c1-16-19(25)8-5-10-21(16)32-24(2,3)15-31-23(29)28-11-6-12-30-22-18(7-4-9-20(22)28)17-13-26-27-14-17;1-3-4(2)5;1-2/h4-5,7-10,13-14H,6,11-12,15H2,1-3H3,(H,26,27);3H,1-2H2;1H2. The van der Waals surface area contributed by atoms with Gasteiger partial charge in [0.15, 0.2) is 5.75 Å². The lowest BCUT2D eigenvalue weighted by molar-refractivity contribution is -0.0980. The van der Waals surface area contributed by atoms with Gasteiger partial charge in [0.25, 0.3) is 0 Å². The van der Waals surface area contributed by atoms with Gasteiger partial charge in [0.2, 0.25) is 0 Å². The fourth-order valence-corrected chi connectivity index (χ4v) is 3.73. The first-order valence-electron chi connectivity index (χ1n) is 12.0. The molecule has 10 heteroatoms. The average Bonchev–Trinajstić information content (AvgIpc) is 3.37. The minimum absolute atomic E-state index is 0.0753. The summed E-state index contributed by atoms with van der Waals surface area (Å²) >= 11 is 6.20. The zero-order valence-corrected chi connectivity index (χ0v) is 23.1. The summed E-state index contributed by atoms with van der Waals surface area (Å²) in [7, 11) is 0. The van der Waals surface area contributed by atoms with E-state index in [1.165, 1.54) is 0 Å². The number of benzene rings is 2. The van der Waals surface area contributed by atoms with Crippen molar-refractivity contribution < 1.29 is 28.2 Å². The molecule has 2 aromatic carbocycles. The maximum absolute atomic E-state index is 13.1. The number of nitrogens with one attached hydrogen (secondary N) is 1. The number of carbonyl (C=O) groups excluding carboxylic acids is 2. The number of H-pyrrole nitrogens is 1. The average molecular weight is 558 g/mol. The number of anilines is 1. The summed E-state index contributed by atoms with van der Waals surface area (Å²) in [6.45, 7) is 14.7. The second kappa shape index (κ2) is 14.7. The van der Waals surface area contributed by atoms with Crippen LogP contribution in [0.3, 0.4) is 0 Å². The molecule has 0 saturated carbocycles. The summed E-state index contributed by atoms with van der Waals surface area (Å²) < 4.78 is 28.9. The van der Waals surface area contributed by atoms with Crippen LogP contribution in [0.2, 0.25) is 5.02 Å². The molecule has 1 aliphatic heterocycles. The Morgan fingerprint density at radius 1 is 1.28 bits per heavy atom. The van der Waals surface area contributed by atoms with Crippen LogP contribution >= 0.6 is 11.6 Å². The lowest BCUT2D eigenvalue weighted by Gasteiger charge is -2.29. The first kappa shape index (κ1) is 31.1. The van der Waals surface area contributed by atoms with Crippen molar-refractivity contribution in [1.82, 2.24) is 10.2 Å². The summed E-state index contributed by atoms with van der Waals surface area (Å²) in [5, 5.41) is 7.46. The number of para-hydroxylation sites is 1. The number of hydrogen-bond acceptors (Lipinski definition) is 6. The SMILES string of the molecule is C=CC(=C)F.C=O.Cc1c(Cl)cccc1OC(C)(C)COC(=O)N1CCCOc2c(-c3cn[nH]c3)cccc21. The van der Waals surface area contributed by atoms with Gasteiger partial charge < -0.3 is 19.0 Å². The van der Waals surface area contributed by atoms with Gasteiger partial charge in [-0.1, -0.05) is 43.0 Å². The van der Waals surface area contributed by atoms with E-state index in [1.54, 1.807) is 17.3 Å². The lowest BCUT2D eigenvalue weighted by atomic mass is 10.1. The molecule has 0 atom stereocenters. The zero-order valence-electron chi connectivity index (χ0n) is 22.3. The fraction of sp³-hybridized carbons (Fsp3) is 0.276. The van der Waals surface area contributed by atoms with Crippen LogP contribution in [0.5, 0.6) is 11.5 Å². The molecule has 0 radical (unpaired) electrons. The van der Waals surface area contributed by atoms with E-state index in [-0.39, 0.29) is 6.61 Å². The number of amides is 1. The van der Waals surface area contributed by atoms with E-state index in [0.29, 0.717) is 41.8 Å². The van der Waals surface area contributed by atoms with Crippen molar-refractivity contribution >= 4 is 30.2 Å². The molecule has 1 N–H and O–H groups in total. The van der Waals surface area contributed by atoms with Crippen molar-refractivity contribution in [2.45, 2.75) is 32.8 Å². The molecular formula is C29H33ClFN3O5. The number of rotatable bonds is 6. The first-order valence-corrected chi connectivity index (χ1v) is 12.4. The van der Waals surface area contributed by atoms with Gasteiger partial charge >= 0.3 is 6.09 Å². The lowest BCUT2D eigenvalue weighted by Crippen LogP contribution is -2.39. The van der Waals surface area contributed by atoms with Crippen molar-refractivity contribution in [3.05, 3.63) is 84.4 Å². The van der Waals surface area contributed by atoms with Crippen LogP contribution in [-0.2, 0) is 9.53 Å². The quantitative estimate of drug-likeness (QED) is 0.325. The van der Waals surface area contributed by atoms with E-state index >= 15 is 0 Å². The Bertz CT molecular complexity index is 1260. The van der Waals surface area contributed by atoms with Gasteiger partial charge in [0, 0.05) is 34.5 Å². The monoisotopic (exact) mass is 557 g/mol. The predicted octanol–water partition coefficient (Wildman–Crippen LogP) is 7.09. The maximum Gasteiger partial charge on any atom is 0.414 e. The van der Waals surface area contributed by atoms with Crippen molar-refractivity contribution in [1.29, 1.82) is 0 Å². The van der Waals surface area contributed by atoms with Crippen molar-refractivity contribution in [2.75, 3.05) is 24.7 Å². The number of hydrogen-bond donors (Lipinski definition) is 1. The number of aromatic nitrogens is 2. The Morgan fingerprint density at radius 2 is 1.97 bits per heavy atom. The topological polar surface area (TPSA) is 93.8 Å². The fourth-order valence-electron chi connectivity index (χ4n) is 3.56. The van der Waals surface area contributed by atoms with Crippen LogP contribution in [0, 0.1) is 6.92 Å². The van der Waals surface area contributed by atoms with Gasteiger partial charge in [-0.15, -0.1) is 0 Å². The highest BCUT2D eigenvalue weighted by molar-refractivity contribution is 6.31. The van der Waals surface area contributed by atoms with E-state index in [9.17, 15) is 9.18 Å². The van der Waals surface area contributed by atoms with Gasteiger partial charge in [0.05, 0.1) is 18.5 Å². The third-order valence-electron chi connectivity index (χ3n) is 5.46. The maximum atomic E-state index is 13.1. The zero-order chi connectivity index (χ0) is 29.0. The van der Waals surface area contributed by atoms with Crippen molar-refractivity contribution in [2.24, 2.45) is 0 Å². The minimum Gasteiger partial charge on any atom is -0.491 e. The number of ether oxygens (including phenoxy) is 3. The highest BCUT2D eigenvalue weighted by Gasteiger charge is 2.29. The molecule has 0 fully saturated rings. The molecule has 1 amide bonds. The predicted molar refractivity (Wildman–Crippen MR) is 151 cm³/mol. The molecule has 0 unspecified atom stereocenters. The Balaban J connectivity index is 0.000000686. The van der Waals surface area contributed by atoms with Gasteiger partial charge in [-0.3, -0.25) is 10.00 Å². The molecule has 2 heterocycles. The van der Waals surface area contributed by atoms with Gasteiger partial charge in [-0.2, -0.15) is 5.10 Å². The van der Waals surface area contributed by atoms with Gasteiger partial charge in [-0.25, -0.2) is 9.18 Å². The molecule has 1 aliphatic rings. The van der Waals surface area contributed by atoms with E-state index in [2.05, 4.69) is 23.4 Å². The molecule has 39 heavy (non-hydrogen) atoms. The normalized spacial score (nSPS) is 12.2. The van der Waals surface area contributed by atoms with Crippen LogP contribution in [0.15, 0.2) is 73.9 Å². The molecule has 1 aromatic heterocycles. The summed E-state index contributed by atoms with van der Waals surface area (Å²) in [6.07, 6.45) is 4.82. The Labute approximate surface area is 233 Å². The first-order chi connectivity index (χ1) is 18.6. The minimum atomic E-state index is -0.741. The van der Waals surface area contributed by atoms with Crippen LogP contribution in [-0.4, -0.2) is 48.4 Å². The Kier molecular flexibility index (Phi) is 11.7. The van der Waals surface area contributed by atoms with E-state index < -0.39 is 17.5 Å². The molecule has 8 nitrogen and oxygen atoms in total. The van der Waals surface area contributed by atoms with Crippen LogP contribution < -0.4 is 14.4 Å². The van der Waals surface area contributed by atoms with Crippen LogP contribution in [0.4, 0.5) is 14.9 Å². The van der Waals surface area contributed by atoms with E-state index in [0.717, 1.165) is 22.8 Å². The number of aromatic amines is 1. The molecular weight excluding hydrogens is 525 g/mol. The molecule has 0 aliphatic carbocycles. The summed E-state index contributed by atoms with van der Waals surface area (Å²) in [5.41, 5.74) is 2.55. The van der Waals surface area contributed by atoms with Crippen molar-refractivity contribution in [3.63, 3.8) is 0 Å². The van der Waals surface area contributed by atoms with Crippen LogP contribution in [0.1, 0.15) is 25.8 Å². The van der Waals surface area contributed by atoms with Crippen molar-refractivity contribution in [3.8, 4) is 22.6 Å². The Morgan fingerprint density at radius 3 is 2.62 bits per heavy atom. The number of carbonyl (C=O) groups is 2. The molecule has 0 spiro atoms. The largest absolute Gasteiger partial charge is 0.491 e. The second-order valence-electron chi connectivity index (χ2n) is 8.92. The smallest absolute Gasteiger partial charge is 0.414 e. The summed E-state index contributed by atoms with van der Waals surface area (Å²) in [5.74, 6) is 0.829. The molecule has 3 aromatic rings. The number of allylic oxidation sites excluding steroid dienone is 2. The van der Waals surface area contributed by atoms with E-state index in [4.69, 9.17) is 30.6 Å². The molecule has 208 valence electrons. The van der Waals surface area contributed by atoms with Crippen LogP contribution in [0.25, 0.3) is 11.1 Å². The van der Waals surface area contributed by atoms with Gasteiger partial charge in [-0.05, 0) is 51.5 Å². The number of halogens is 2. The third kappa shape index (κ3) is 8.71. The highest BCUT2D eigenvalue weighted by Crippen LogP contribution is 2.40. The molecule has 4 rings (SSSR count). The Hall–Kier alpha value is -4.11. The molecule has 0 bridgehead atoms. The summed E-state index contributed by atoms with van der Waals surface area (Å²) in [4.78, 5) is 22.7. The van der Waals surface area contributed by atoms with Gasteiger partial charge in [0.1, 0.15) is 30.6 Å².